The minimum atomic E-state index is 0.296. The van der Waals surface area contributed by atoms with Crippen molar-refractivity contribution in [2.24, 2.45) is 0 Å². The highest BCUT2D eigenvalue weighted by molar-refractivity contribution is 5.36. The molecule has 3 heteroatoms. The summed E-state index contributed by atoms with van der Waals surface area (Å²) in [4.78, 5) is 2.31. The maximum atomic E-state index is 8.79. The molecular weight excluding hydrogens is 224 g/mol. The molecule has 0 radical (unpaired) electrons. The maximum absolute atomic E-state index is 8.79. The number of hydrogen-bond donors (Lipinski definition) is 0. The summed E-state index contributed by atoms with van der Waals surface area (Å²) in [7, 11) is 2.13. The van der Waals surface area contributed by atoms with Gasteiger partial charge in [0.05, 0.1) is 11.6 Å². The van der Waals surface area contributed by atoms with Crippen LogP contribution in [0.2, 0.25) is 0 Å². The fourth-order valence-electron chi connectivity index (χ4n) is 1.93. The zero-order valence-electron chi connectivity index (χ0n) is 11.5. The summed E-state index contributed by atoms with van der Waals surface area (Å²) in [6, 6.07) is 9.50. The minimum absolute atomic E-state index is 0.296. The Hall–Kier alpha value is -1.53. The summed E-state index contributed by atoms with van der Waals surface area (Å²) in [5, 5.41) is 8.79. The van der Waals surface area contributed by atoms with Gasteiger partial charge in [-0.3, -0.25) is 0 Å². The van der Waals surface area contributed by atoms with Crippen molar-refractivity contribution in [2.45, 2.75) is 32.8 Å². The molecule has 98 valence electrons. The number of benzene rings is 1. The number of ether oxygens (including phenoxy) is 1. The van der Waals surface area contributed by atoms with E-state index < -0.39 is 0 Å². The second-order valence-corrected chi connectivity index (χ2v) is 4.26. The lowest BCUT2D eigenvalue weighted by Crippen LogP contribution is -2.35. The molecule has 2 rings (SSSR count). The first-order valence-corrected chi connectivity index (χ1v) is 6.63. The largest absolute Gasteiger partial charge is 0.490 e. The molecule has 1 aliphatic rings. The Balaban J connectivity index is 0.000000771. The van der Waals surface area contributed by atoms with Crippen molar-refractivity contribution >= 4 is 0 Å². The molecule has 18 heavy (non-hydrogen) atoms. The third-order valence-corrected chi connectivity index (χ3v) is 2.93. The third kappa shape index (κ3) is 4.38. The van der Waals surface area contributed by atoms with E-state index in [-0.39, 0.29) is 0 Å². The molecule has 0 aromatic heterocycles. The maximum Gasteiger partial charge on any atom is 0.121 e. The lowest BCUT2D eigenvalue weighted by atomic mass is 10.1. The van der Waals surface area contributed by atoms with Crippen molar-refractivity contribution in [3.05, 3.63) is 29.8 Å². The fraction of sp³-hybridized carbons (Fsp3) is 0.533. The topological polar surface area (TPSA) is 36.3 Å². The molecule has 1 aromatic carbocycles. The van der Waals surface area contributed by atoms with E-state index in [9.17, 15) is 0 Å². The average molecular weight is 246 g/mol. The Morgan fingerprint density at radius 1 is 1.28 bits per heavy atom. The lowest BCUT2D eigenvalue weighted by molar-refractivity contribution is 0.114. The number of piperidine rings is 1. The fourth-order valence-corrected chi connectivity index (χ4v) is 1.93. The van der Waals surface area contributed by atoms with Crippen LogP contribution in [0.15, 0.2) is 24.3 Å². The van der Waals surface area contributed by atoms with Crippen LogP contribution in [0.1, 0.15) is 32.3 Å². The van der Waals surface area contributed by atoms with E-state index in [2.05, 4.69) is 18.0 Å². The summed E-state index contributed by atoms with van der Waals surface area (Å²) in [6.45, 7) is 6.17. The van der Waals surface area contributed by atoms with Gasteiger partial charge in [-0.05, 0) is 38.1 Å². The van der Waals surface area contributed by atoms with Gasteiger partial charge in [-0.15, -0.1) is 0 Å². The second-order valence-electron chi connectivity index (χ2n) is 4.26. The standard InChI is InChI=1S/C13H16N2O.C2H6/c1-15-7-5-12(6-8-15)16-13-4-2-3-11(9-13)10-14;1-2/h2-4,9,12H,5-8H2,1H3;1-2H3. The lowest BCUT2D eigenvalue weighted by Gasteiger charge is -2.29. The first kappa shape index (κ1) is 14.5. The second kappa shape index (κ2) is 7.73. The molecule has 0 saturated carbocycles. The highest BCUT2D eigenvalue weighted by atomic mass is 16.5. The Kier molecular flexibility index (Phi) is 6.24. The van der Waals surface area contributed by atoms with E-state index in [0.717, 1.165) is 31.7 Å². The van der Waals surface area contributed by atoms with Gasteiger partial charge in [-0.1, -0.05) is 19.9 Å². The SMILES string of the molecule is CC.CN1CCC(Oc2cccc(C#N)c2)CC1. The third-order valence-electron chi connectivity index (χ3n) is 2.93. The Labute approximate surface area is 110 Å². The number of nitriles is 1. The van der Waals surface area contributed by atoms with Crippen LogP contribution in [0.4, 0.5) is 0 Å². The summed E-state index contributed by atoms with van der Waals surface area (Å²) in [5.74, 6) is 0.814. The first-order valence-electron chi connectivity index (χ1n) is 6.63. The molecule has 1 aromatic rings. The zero-order chi connectivity index (χ0) is 13.4. The van der Waals surface area contributed by atoms with Gasteiger partial charge in [0.2, 0.25) is 0 Å². The van der Waals surface area contributed by atoms with Crippen LogP contribution in [0, 0.1) is 11.3 Å². The number of nitrogens with zero attached hydrogens (tertiary/aromatic N) is 2. The van der Waals surface area contributed by atoms with Crippen molar-refractivity contribution in [1.29, 1.82) is 5.26 Å². The van der Waals surface area contributed by atoms with E-state index in [0.29, 0.717) is 11.7 Å². The van der Waals surface area contributed by atoms with Crippen LogP contribution in [-0.4, -0.2) is 31.1 Å². The number of likely N-dealkylation sites (tertiary alicyclic amines) is 1. The van der Waals surface area contributed by atoms with Crippen LogP contribution in [0.5, 0.6) is 5.75 Å². The highest BCUT2D eigenvalue weighted by Crippen LogP contribution is 2.19. The van der Waals surface area contributed by atoms with E-state index >= 15 is 0 Å². The van der Waals surface area contributed by atoms with Gasteiger partial charge in [0.1, 0.15) is 11.9 Å². The van der Waals surface area contributed by atoms with Gasteiger partial charge >= 0.3 is 0 Å². The predicted molar refractivity (Wildman–Crippen MR) is 73.7 cm³/mol. The first-order chi connectivity index (χ1) is 8.78. The van der Waals surface area contributed by atoms with Crippen molar-refractivity contribution in [3.63, 3.8) is 0 Å². The normalized spacial score (nSPS) is 16.3. The van der Waals surface area contributed by atoms with Crippen LogP contribution in [0.25, 0.3) is 0 Å². The van der Waals surface area contributed by atoms with Gasteiger partial charge in [0.15, 0.2) is 0 Å². The van der Waals surface area contributed by atoms with Crippen molar-refractivity contribution in [3.8, 4) is 11.8 Å². The molecule has 1 fully saturated rings. The van der Waals surface area contributed by atoms with E-state index in [1.54, 1.807) is 12.1 Å². The van der Waals surface area contributed by atoms with Gasteiger partial charge in [0.25, 0.3) is 0 Å². The highest BCUT2D eigenvalue weighted by Gasteiger charge is 2.17. The van der Waals surface area contributed by atoms with Crippen LogP contribution < -0.4 is 4.74 Å². The van der Waals surface area contributed by atoms with Crippen molar-refractivity contribution in [2.75, 3.05) is 20.1 Å². The number of hydrogen-bond acceptors (Lipinski definition) is 3. The predicted octanol–water partition coefficient (Wildman–Crippen LogP) is 3.06. The van der Waals surface area contributed by atoms with E-state index in [1.165, 1.54) is 0 Å². The van der Waals surface area contributed by atoms with Gasteiger partial charge in [0, 0.05) is 13.1 Å². The quantitative estimate of drug-likeness (QED) is 0.804. The van der Waals surface area contributed by atoms with Crippen LogP contribution in [0.3, 0.4) is 0 Å². The Morgan fingerprint density at radius 3 is 2.56 bits per heavy atom. The van der Waals surface area contributed by atoms with E-state index in [1.807, 2.05) is 26.0 Å². The summed E-state index contributed by atoms with van der Waals surface area (Å²) >= 11 is 0. The molecule has 3 nitrogen and oxygen atoms in total. The van der Waals surface area contributed by atoms with Crippen molar-refractivity contribution < 1.29 is 4.74 Å². The molecule has 1 heterocycles. The molecule has 1 aliphatic heterocycles. The van der Waals surface area contributed by atoms with Crippen LogP contribution in [-0.2, 0) is 0 Å². The minimum Gasteiger partial charge on any atom is -0.490 e. The van der Waals surface area contributed by atoms with Crippen LogP contribution >= 0.6 is 0 Å². The molecule has 0 N–H and O–H groups in total. The molecule has 1 saturated heterocycles. The molecule has 0 unspecified atom stereocenters. The van der Waals surface area contributed by atoms with Gasteiger partial charge in [-0.2, -0.15) is 5.26 Å². The Bertz CT molecular complexity index is 390. The zero-order valence-corrected chi connectivity index (χ0v) is 11.5. The summed E-state index contributed by atoms with van der Waals surface area (Å²) in [5.41, 5.74) is 0.658. The average Bonchev–Trinajstić information content (AvgIpc) is 2.44. The Morgan fingerprint density at radius 2 is 1.94 bits per heavy atom. The van der Waals surface area contributed by atoms with Crippen molar-refractivity contribution in [1.82, 2.24) is 4.90 Å². The molecule has 0 aliphatic carbocycles. The molecule has 0 bridgehead atoms. The molecular formula is C15H22N2O. The van der Waals surface area contributed by atoms with Gasteiger partial charge < -0.3 is 9.64 Å². The monoisotopic (exact) mass is 246 g/mol. The number of rotatable bonds is 2. The smallest absolute Gasteiger partial charge is 0.121 e. The molecule has 0 atom stereocenters. The van der Waals surface area contributed by atoms with Gasteiger partial charge in [-0.25, -0.2) is 0 Å². The van der Waals surface area contributed by atoms with E-state index in [4.69, 9.17) is 10.00 Å². The summed E-state index contributed by atoms with van der Waals surface area (Å²) < 4.78 is 5.87. The molecule has 0 amide bonds. The molecule has 0 spiro atoms. The summed E-state index contributed by atoms with van der Waals surface area (Å²) in [6.07, 6.45) is 2.42.